The molecule has 3 rings (SSSR count). The van der Waals surface area contributed by atoms with Crippen LogP contribution in [0.15, 0.2) is 18.2 Å². The van der Waals surface area contributed by atoms with E-state index in [4.69, 9.17) is 9.47 Å². The van der Waals surface area contributed by atoms with E-state index < -0.39 is 0 Å². The predicted molar refractivity (Wildman–Crippen MR) is 63.1 cm³/mol. The van der Waals surface area contributed by atoms with Crippen molar-refractivity contribution in [3.8, 4) is 5.75 Å². The largest absolute Gasteiger partial charge is 0.493 e. The number of fused-ring (bicyclic) bond motifs is 1. The third-order valence-electron chi connectivity index (χ3n) is 3.56. The highest BCUT2D eigenvalue weighted by molar-refractivity contribution is 5.77. The average Bonchev–Trinajstić information content (AvgIpc) is 2.98. The first-order valence-corrected chi connectivity index (χ1v) is 6.22. The van der Waals surface area contributed by atoms with E-state index in [0.717, 1.165) is 25.2 Å². The van der Waals surface area contributed by atoms with Crippen molar-refractivity contribution in [3.05, 3.63) is 29.3 Å². The maximum Gasteiger partial charge on any atom is 0.309 e. The first kappa shape index (κ1) is 10.6. The topological polar surface area (TPSA) is 35.5 Å². The molecule has 2 atom stereocenters. The monoisotopic (exact) mass is 232 g/mol. The molecule has 1 aliphatic carbocycles. The Bertz CT molecular complexity index is 453. The van der Waals surface area contributed by atoms with Gasteiger partial charge >= 0.3 is 5.97 Å². The molecule has 3 heteroatoms. The highest BCUT2D eigenvalue weighted by atomic mass is 16.5. The van der Waals surface area contributed by atoms with Gasteiger partial charge in [0.05, 0.1) is 19.1 Å². The summed E-state index contributed by atoms with van der Waals surface area (Å²) in [6, 6.07) is 6.14. The van der Waals surface area contributed by atoms with Gasteiger partial charge in [0.25, 0.3) is 0 Å². The normalized spacial score (nSPS) is 25.0. The summed E-state index contributed by atoms with van der Waals surface area (Å²) in [5.74, 6) is 1.37. The Balaban J connectivity index is 1.79. The van der Waals surface area contributed by atoms with Gasteiger partial charge in [-0.1, -0.05) is 12.1 Å². The Labute approximate surface area is 101 Å². The molecule has 1 aliphatic heterocycles. The lowest BCUT2D eigenvalue weighted by Gasteiger charge is -2.06. The summed E-state index contributed by atoms with van der Waals surface area (Å²) in [5, 5.41) is 0. The molecule has 2 aliphatic rings. The summed E-state index contributed by atoms with van der Waals surface area (Å²) in [7, 11) is 0. The van der Waals surface area contributed by atoms with Crippen LogP contribution in [0, 0.1) is 5.92 Å². The van der Waals surface area contributed by atoms with Gasteiger partial charge in [0.2, 0.25) is 0 Å². The summed E-state index contributed by atoms with van der Waals surface area (Å²) in [4.78, 5) is 11.6. The number of hydrogen-bond donors (Lipinski definition) is 0. The molecule has 0 aromatic heterocycles. The van der Waals surface area contributed by atoms with E-state index >= 15 is 0 Å². The van der Waals surface area contributed by atoms with Gasteiger partial charge in [0, 0.05) is 12.0 Å². The van der Waals surface area contributed by atoms with E-state index in [1.165, 1.54) is 11.1 Å². The van der Waals surface area contributed by atoms with Crippen molar-refractivity contribution in [2.75, 3.05) is 13.2 Å². The maximum absolute atomic E-state index is 11.6. The molecule has 0 radical (unpaired) electrons. The third kappa shape index (κ3) is 1.79. The van der Waals surface area contributed by atoms with Crippen LogP contribution < -0.4 is 4.74 Å². The zero-order valence-corrected chi connectivity index (χ0v) is 9.94. The molecule has 1 fully saturated rings. The molecule has 1 saturated carbocycles. The Hall–Kier alpha value is -1.51. The van der Waals surface area contributed by atoms with Crippen molar-refractivity contribution in [2.45, 2.75) is 25.7 Å². The van der Waals surface area contributed by atoms with Crippen molar-refractivity contribution in [1.82, 2.24) is 0 Å². The zero-order valence-electron chi connectivity index (χ0n) is 9.94. The molecule has 0 saturated heterocycles. The smallest absolute Gasteiger partial charge is 0.309 e. The van der Waals surface area contributed by atoms with E-state index in [1.807, 2.05) is 19.1 Å². The van der Waals surface area contributed by atoms with Crippen molar-refractivity contribution < 1.29 is 14.3 Å². The summed E-state index contributed by atoms with van der Waals surface area (Å²) < 4.78 is 10.6. The van der Waals surface area contributed by atoms with E-state index in [2.05, 4.69) is 6.07 Å². The van der Waals surface area contributed by atoms with Crippen LogP contribution in [0.4, 0.5) is 0 Å². The van der Waals surface area contributed by atoms with Crippen LogP contribution in [0.3, 0.4) is 0 Å². The second kappa shape index (κ2) is 4.06. The lowest BCUT2D eigenvalue weighted by molar-refractivity contribution is -0.144. The van der Waals surface area contributed by atoms with Gasteiger partial charge in [-0.15, -0.1) is 0 Å². The second-order valence-corrected chi connectivity index (χ2v) is 4.62. The minimum absolute atomic E-state index is 0.0472. The van der Waals surface area contributed by atoms with Gasteiger partial charge in [-0.05, 0) is 30.9 Å². The molecule has 1 aromatic rings. The van der Waals surface area contributed by atoms with Crippen LogP contribution in [-0.4, -0.2) is 19.2 Å². The van der Waals surface area contributed by atoms with Crippen LogP contribution in [-0.2, 0) is 16.0 Å². The van der Waals surface area contributed by atoms with E-state index in [-0.39, 0.29) is 11.9 Å². The second-order valence-electron chi connectivity index (χ2n) is 4.62. The highest BCUT2D eigenvalue weighted by Crippen LogP contribution is 2.51. The molecule has 1 unspecified atom stereocenters. The zero-order chi connectivity index (χ0) is 11.8. The molecule has 0 N–H and O–H groups in total. The molecule has 1 heterocycles. The molecule has 17 heavy (non-hydrogen) atoms. The van der Waals surface area contributed by atoms with Crippen LogP contribution in [0.2, 0.25) is 0 Å². The number of esters is 1. The molecular weight excluding hydrogens is 216 g/mol. The molecule has 0 amide bonds. The fourth-order valence-corrected chi connectivity index (χ4v) is 2.64. The van der Waals surface area contributed by atoms with E-state index in [9.17, 15) is 4.79 Å². The van der Waals surface area contributed by atoms with Gasteiger partial charge in [-0.2, -0.15) is 0 Å². The van der Waals surface area contributed by atoms with Crippen LogP contribution in [0.5, 0.6) is 5.75 Å². The van der Waals surface area contributed by atoms with Crippen molar-refractivity contribution in [2.24, 2.45) is 5.92 Å². The Kier molecular flexibility index (Phi) is 2.54. The number of ether oxygens (including phenoxy) is 2. The van der Waals surface area contributed by atoms with Crippen molar-refractivity contribution in [3.63, 3.8) is 0 Å². The summed E-state index contributed by atoms with van der Waals surface area (Å²) in [6.07, 6.45) is 1.90. The number of rotatable bonds is 3. The lowest BCUT2D eigenvalue weighted by atomic mass is 10.00. The van der Waals surface area contributed by atoms with Gasteiger partial charge < -0.3 is 9.47 Å². The highest BCUT2D eigenvalue weighted by Gasteiger charge is 2.46. The van der Waals surface area contributed by atoms with Gasteiger partial charge in [-0.25, -0.2) is 0 Å². The molecule has 90 valence electrons. The van der Waals surface area contributed by atoms with Gasteiger partial charge in [0.15, 0.2) is 0 Å². The molecule has 0 spiro atoms. The minimum atomic E-state index is -0.0472. The molecule has 1 aromatic carbocycles. The first-order chi connectivity index (χ1) is 8.31. The number of hydrogen-bond acceptors (Lipinski definition) is 3. The average molecular weight is 232 g/mol. The molecule has 3 nitrogen and oxygen atoms in total. The maximum atomic E-state index is 11.6. The standard InChI is InChI=1S/C14H16O3/c1-2-16-14(15)12-8-11(12)9-4-3-5-13-10(9)6-7-17-13/h3-5,11-12H,2,6-8H2,1H3/t11-,12?/m0/s1. The number of benzene rings is 1. The Morgan fingerprint density at radius 2 is 2.41 bits per heavy atom. The van der Waals surface area contributed by atoms with Crippen LogP contribution >= 0.6 is 0 Å². The van der Waals surface area contributed by atoms with Crippen molar-refractivity contribution >= 4 is 5.97 Å². The number of carbonyl (C=O) groups is 1. The summed E-state index contributed by atoms with van der Waals surface area (Å²) in [6.45, 7) is 3.09. The minimum Gasteiger partial charge on any atom is -0.493 e. The lowest BCUT2D eigenvalue weighted by Crippen LogP contribution is -2.07. The van der Waals surface area contributed by atoms with E-state index in [1.54, 1.807) is 0 Å². The fourth-order valence-electron chi connectivity index (χ4n) is 2.64. The Morgan fingerprint density at radius 3 is 3.24 bits per heavy atom. The van der Waals surface area contributed by atoms with E-state index in [0.29, 0.717) is 12.5 Å². The van der Waals surface area contributed by atoms with Crippen LogP contribution in [0.25, 0.3) is 0 Å². The quantitative estimate of drug-likeness (QED) is 0.750. The Morgan fingerprint density at radius 1 is 1.53 bits per heavy atom. The van der Waals surface area contributed by atoms with Gasteiger partial charge in [-0.3, -0.25) is 4.79 Å². The van der Waals surface area contributed by atoms with Crippen LogP contribution in [0.1, 0.15) is 30.4 Å². The predicted octanol–water partition coefficient (Wildman–Crippen LogP) is 2.29. The summed E-state index contributed by atoms with van der Waals surface area (Å²) in [5.41, 5.74) is 2.59. The molecule has 0 bridgehead atoms. The fraction of sp³-hybridized carbons (Fsp3) is 0.500. The third-order valence-corrected chi connectivity index (χ3v) is 3.56. The van der Waals surface area contributed by atoms with Gasteiger partial charge in [0.1, 0.15) is 5.75 Å². The summed E-state index contributed by atoms with van der Waals surface area (Å²) >= 11 is 0. The van der Waals surface area contributed by atoms with Crippen molar-refractivity contribution in [1.29, 1.82) is 0 Å². The SMILES string of the molecule is CCOC(=O)C1C[C@H]1c1cccc2c1CCO2. The first-order valence-electron chi connectivity index (χ1n) is 6.22. The molecular formula is C14H16O3. The number of carbonyl (C=O) groups excluding carboxylic acids is 1.